The summed E-state index contributed by atoms with van der Waals surface area (Å²) in [5.74, 6) is -1.98. The fraction of sp³-hybridized carbons (Fsp3) is 0.533. The molecular formula is C15H19F2NO2. The first-order valence-corrected chi connectivity index (χ1v) is 6.73. The molecule has 1 aliphatic heterocycles. The summed E-state index contributed by atoms with van der Waals surface area (Å²) in [5.41, 5.74) is -0.653. The smallest absolute Gasteiger partial charge is 0.328 e. The summed E-state index contributed by atoms with van der Waals surface area (Å²) in [7, 11) is 0. The Morgan fingerprint density at radius 3 is 2.35 bits per heavy atom. The van der Waals surface area contributed by atoms with Gasteiger partial charge in [0.05, 0.1) is 0 Å². The molecule has 0 aliphatic carbocycles. The Hall–Kier alpha value is -1.49. The molecule has 20 heavy (non-hydrogen) atoms. The van der Waals surface area contributed by atoms with Crippen LogP contribution in [0.25, 0.3) is 0 Å². The second kappa shape index (κ2) is 5.48. The van der Waals surface area contributed by atoms with Gasteiger partial charge in [-0.15, -0.1) is 0 Å². The molecule has 1 atom stereocenters. The number of carbonyl (C=O) groups is 1. The van der Waals surface area contributed by atoms with Crippen molar-refractivity contribution in [3.05, 3.63) is 29.3 Å². The van der Waals surface area contributed by atoms with Crippen LogP contribution in [-0.2, 0) is 10.2 Å². The molecule has 0 aromatic heterocycles. The molecule has 110 valence electrons. The van der Waals surface area contributed by atoms with Crippen LogP contribution >= 0.6 is 0 Å². The fourth-order valence-corrected chi connectivity index (χ4v) is 2.40. The highest BCUT2D eigenvalue weighted by atomic mass is 19.1. The van der Waals surface area contributed by atoms with E-state index in [0.717, 1.165) is 25.1 Å². The largest absolute Gasteiger partial charge is 0.425 e. The highest BCUT2D eigenvalue weighted by Gasteiger charge is 2.27. The van der Waals surface area contributed by atoms with Crippen LogP contribution in [0.2, 0.25) is 0 Å². The molecule has 1 aliphatic rings. The van der Waals surface area contributed by atoms with Crippen molar-refractivity contribution >= 4 is 5.97 Å². The SMILES string of the molecule is CC(C)(C)c1c(F)cc(OC(=O)C2CCCN2)cc1F. The second-order valence-electron chi connectivity index (χ2n) is 6.08. The van der Waals surface area contributed by atoms with Crippen LogP contribution in [-0.4, -0.2) is 18.6 Å². The molecule has 0 saturated carbocycles. The van der Waals surface area contributed by atoms with Gasteiger partial charge in [-0.1, -0.05) is 20.8 Å². The third-order valence-corrected chi connectivity index (χ3v) is 3.33. The number of halogens is 2. The lowest BCUT2D eigenvalue weighted by Crippen LogP contribution is -2.34. The van der Waals surface area contributed by atoms with E-state index in [1.807, 2.05) is 0 Å². The average molecular weight is 283 g/mol. The molecule has 1 aromatic rings. The van der Waals surface area contributed by atoms with Gasteiger partial charge in [0.15, 0.2) is 0 Å². The predicted octanol–water partition coefficient (Wildman–Crippen LogP) is 2.92. The van der Waals surface area contributed by atoms with Gasteiger partial charge in [0.1, 0.15) is 23.4 Å². The molecule has 5 heteroatoms. The number of nitrogens with one attached hydrogen (secondary N) is 1. The zero-order valence-electron chi connectivity index (χ0n) is 11.9. The van der Waals surface area contributed by atoms with Gasteiger partial charge in [-0.2, -0.15) is 0 Å². The summed E-state index contributed by atoms with van der Waals surface area (Å²) in [4.78, 5) is 11.8. The van der Waals surface area contributed by atoms with Crippen molar-refractivity contribution in [2.24, 2.45) is 0 Å². The van der Waals surface area contributed by atoms with Crippen LogP contribution in [0.1, 0.15) is 39.2 Å². The summed E-state index contributed by atoms with van der Waals surface area (Å²) in [6.07, 6.45) is 1.58. The maximum atomic E-state index is 14.0. The Bertz CT molecular complexity index is 494. The van der Waals surface area contributed by atoms with Crippen molar-refractivity contribution < 1.29 is 18.3 Å². The monoisotopic (exact) mass is 283 g/mol. The van der Waals surface area contributed by atoms with Crippen molar-refractivity contribution in [1.82, 2.24) is 5.32 Å². The highest BCUT2D eigenvalue weighted by molar-refractivity contribution is 5.78. The normalized spacial score (nSPS) is 19.1. The van der Waals surface area contributed by atoms with E-state index in [2.05, 4.69) is 5.32 Å². The van der Waals surface area contributed by atoms with E-state index < -0.39 is 23.0 Å². The first-order chi connectivity index (χ1) is 9.29. The van der Waals surface area contributed by atoms with Crippen LogP contribution in [0.3, 0.4) is 0 Å². The molecule has 0 bridgehead atoms. The molecule has 1 unspecified atom stereocenters. The summed E-state index contributed by atoms with van der Waals surface area (Å²) in [6, 6.07) is 1.75. The van der Waals surface area contributed by atoms with E-state index in [0.29, 0.717) is 6.42 Å². The van der Waals surface area contributed by atoms with Gasteiger partial charge in [0.2, 0.25) is 0 Å². The van der Waals surface area contributed by atoms with Crippen LogP contribution in [0.5, 0.6) is 5.75 Å². The van der Waals surface area contributed by atoms with Gasteiger partial charge < -0.3 is 10.1 Å². The van der Waals surface area contributed by atoms with Gasteiger partial charge >= 0.3 is 5.97 Å². The van der Waals surface area contributed by atoms with Crippen molar-refractivity contribution in [2.75, 3.05) is 6.54 Å². The van der Waals surface area contributed by atoms with Crippen LogP contribution < -0.4 is 10.1 Å². The van der Waals surface area contributed by atoms with Gasteiger partial charge in [-0.3, -0.25) is 0 Å². The highest BCUT2D eigenvalue weighted by Crippen LogP contribution is 2.31. The molecule has 1 N–H and O–H groups in total. The lowest BCUT2D eigenvalue weighted by Gasteiger charge is -2.21. The fourth-order valence-electron chi connectivity index (χ4n) is 2.40. The zero-order chi connectivity index (χ0) is 14.9. The van der Waals surface area contributed by atoms with Crippen LogP contribution in [0, 0.1) is 11.6 Å². The number of hydrogen-bond donors (Lipinski definition) is 1. The Labute approximate surface area is 117 Å². The number of ether oxygens (including phenoxy) is 1. The summed E-state index contributed by atoms with van der Waals surface area (Å²) in [5, 5.41) is 2.98. The zero-order valence-corrected chi connectivity index (χ0v) is 11.9. The molecule has 2 rings (SSSR count). The van der Waals surface area contributed by atoms with Crippen molar-refractivity contribution in [2.45, 2.75) is 45.1 Å². The van der Waals surface area contributed by atoms with E-state index in [4.69, 9.17) is 4.74 Å². The molecule has 1 saturated heterocycles. The quantitative estimate of drug-likeness (QED) is 0.670. The van der Waals surface area contributed by atoms with E-state index >= 15 is 0 Å². The molecule has 0 spiro atoms. The molecule has 1 fully saturated rings. The number of hydrogen-bond acceptors (Lipinski definition) is 3. The number of rotatable bonds is 2. The van der Waals surface area contributed by atoms with Gasteiger partial charge in [-0.25, -0.2) is 13.6 Å². The molecular weight excluding hydrogens is 264 g/mol. The topological polar surface area (TPSA) is 38.3 Å². The van der Waals surface area contributed by atoms with Crippen molar-refractivity contribution in [3.8, 4) is 5.75 Å². The van der Waals surface area contributed by atoms with E-state index in [9.17, 15) is 13.6 Å². The summed E-state index contributed by atoms with van der Waals surface area (Å²) < 4.78 is 33.0. The van der Waals surface area contributed by atoms with E-state index in [1.165, 1.54) is 0 Å². The number of benzene rings is 1. The Morgan fingerprint density at radius 2 is 1.90 bits per heavy atom. The third-order valence-electron chi connectivity index (χ3n) is 3.33. The molecule has 3 nitrogen and oxygen atoms in total. The molecule has 1 heterocycles. The van der Waals surface area contributed by atoms with E-state index in [-0.39, 0.29) is 17.4 Å². The number of carbonyl (C=O) groups excluding carboxylic acids is 1. The predicted molar refractivity (Wildman–Crippen MR) is 71.7 cm³/mol. The lowest BCUT2D eigenvalue weighted by atomic mass is 9.86. The first-order valence-electron chi connectivity index (χ1n) is 6.73. The van der Waals surface area contributed by atoms with E-state index in [1.54, 1.807) is 20.8 Å². The average Bonchev–Trinajstić information content (AvgIpc) is 2.78. The minimum atomic E-state index is -0.695. The molecule has 0 radical (unpaired) electrons. The molecule has 0 amide bonds. The third kappa shape index (κ3) is 3.15. The van der Waals surface area contributed by atoms with Crippen LogP contribution in [0.15, 0.2) is 12.1 Å². The summed E-state index contributed by atoms with van der Waals surface area (Å²) >= 11 is 0. The van der Waals surface area contributed by atoms with Gasteiger partial charge in [0.25, 0.3) is 0 Å². The Kier molecular flexibility index (Phi) is 4.09. The minimum absolute atomic E-state index is 0.00343. The maximum absolute atomic E-state index is 14.0. The summed E-state index contributed by atoms with van der Waals surface area (Å²) in [6.45, 7) is 5.93. The lowest BCUT2D eigenvalue weighted by molar-refractivity contribution is -0.136. The Morgan fingerprint density at radius 1 is 1.30 bits per heavy atom. The van der Waals surface area contributed by atoms with Crippen LogP contribution in [0.4, 0.5) is 8.78 Å². The second-order valence-corrected chi connectivity index (χ2v) is 6.08. The van der Waals surface area contributed by atoms with Gasteiger partial charge in [0, 0.05) is 17.7 Å². The van der Waals surface area contributed by atoms with Crippen molar-refractivity contribution in [3.63, 3.8) is 0 Å². The maximum Gasteiger partial charge on any atom is 0.328 e. The van der Waals surface area contributed by atoms with Crippen molar-refractivity contribution in [1.29, 1.82) is 0 Å². The first kappa shape index (κ1) is 14.9. The number of esters is 1. The standard InChI is InChI=1S/C15H19F2NO2/c1-15(2,3)13-10(16)7-9(8-11(13)17)20-14(19)12-5-4-6-18-12/h7-8,12,18H,4-6H2,1-3H3. The minimum Gasteiger partial charge on any atom is -0.425 e. The van der Waals surface area contributed by atoms with Gasteiger partial charge in [-0.05, 0) is 24.8 Å². The Balaban J connectivity index is 2.20. The molecule has 1 aromatic carbocycles.